The van der Waals surface area contributed by atoms with Crippen LogP contribution in [0.25, 0.3) is 22.6 Å². The van der Waals surface area contributed by atoms with Gasteiger partial charge in [0.05, 0.1) is 7.11 Å². The molecule has 1 heterocycles. The van der Waals surface area contributed by atoms with E-state index in [0.29, 0.717) is 34.0 Å². The number of anilines is 1. The molecule has 1 aromatic heterocycles. The van der Waals surface area contributed by atoms with Crippen LogP contribution in [0.3, 0.4) is 0 Å². The number of carbonyl (C=O) groups is 1. The van der Waals surface area contributed by atoms with Crippen molar-refractivity contribution in [3.63, 3.8) is 0 Å². The first-order chi connectivity index (χ1) is 13.1. The van der Waals surface area contributed by atoms with Gasteiger partial charge >= 0.3 is 0 Å². The fourth-order valence-electron chi connectivity index (χ4n) is 2.79. The number of oxazole rings is 1. The molecule has 134 valence electrons. The van der Waals surface area contributed by atoms with Gasteiger partial charge in [-0.15, -0.1) is 0 Å². The molecule has 0 aliphatic rings. The van der Waals surface area contributed by atoms with Crippen LogP contribution in [0.15, 0.2) is 71.1 Å². The summed E-state index contributed by atoms with van der Waals surface area (Å²) in [6.07, 6.45) is 0. The van der Waals surface area contributed by atoms with Gasteiger partial charge in [-0.2, -0.15) is 0 Å². The highest BCUT2D eigenvalue weighted by Crippen LogP contribution is 2.26. The number of hydrogen-bond donors (Lipinski definition) is 1. The zero-order chi connectivity index (χ0) is 18.8. The van der Waals surface area contributed by atoms with Crippen LogP contribution in [-0.2, 0) is 0 Å². The molecule has 5 nitrogen and oxygen atoms in total. The highest BCUT2D eigenvalue weighted by molar-refractivity contribution is 6.05. The van der Waals surface area contributed by atoms with E-state index >= 15 is 0 Å². The molecule has 0 atom stereocenters. The smallest absolute Gasteiger partial charge is 0.255 e. The molecule has 0 saturated carbocycles. The minimum absolute atomic E-state index is 0.212. The third-order valence-corrected chi connectivity index (χ3v) is 4.28. The molecular formula is C22H18N2O3. The van der Waals surface area contributed by atoms with Crippen LogP contribution in [0.4, 0.5) is 5.69 Å². The Hall–Kier alpha value is -3.60. The molecule has 0 bridgehead atoms. The second kappa shape index (κ2) is 6.96. The molecule has 4 aromatic rings. The van der Waals surface area contributed by atoms with Gasteiger partial charge in [0, 0.05) is 16.8 Å². The number of ether oxygens (including phenoxy) is 1. The molecule has 3 aromatic carbocycles. The maximum absolute atomic E-state index is 12.5. The molecule has 0 radical (unpaired) electrons. The van der Waals surface area contributed by atoms with Crippen molar-refractivity contribution in [1.29, 1.82) is 0 Å². The lowest BCUT2D eigenvalue weighted by molar-refractivity contribution is 0.102. The number of nitrogens with zero attached hydrogens (tertiary/aromatic N) is 1. The lowest BCUT2D eigenvalue weighted by Gasteiger charge is -2.06. The van der Waals surface area contributed by atoms with E-state index in [4.69, 9.17) is 9.15 Å². The fraction of sp³-hybridized carbons (Fsp3) is 0.0909. The summed E-state index contributed by atoms with van der Waals surface area (Å²) in [5.74, 6) is 0.981. The molecule has 0 spiro atoms. The van der Waals surface area contributed by atoms with Crippen molar-refractivity contribution >= 4 is 22.7 Å². The largest absolute Gasteiger partial charge is 0.497 e. The molecule has 1 amide bonds. The summed E-state index contributed by atoms with van der Waals surface area (Å²) < 4.78 is 11.0. The van der Waals surface area contributed by atoms with Gasteiger partial charge in [-0.1, -0.05) is 23.8 Å². The first-order valence-corrected chi connectivity index (χ1v) is 8.55. The molecule has 0 fully saturated rings. The van der Waals surface area contributed by atoms with Gasteiger partial charge in [0.1, 0.15) is 11.3 Å². The predicted molar refractivity (Wildman–Crippen MR) is 105 cm³/mol. The lowest BCUT2D eigenvalue weighted by Crippen LogP contribution is -2.11. The average molecular weight is 358 g/mol. The van der Waals surface area contributed by atoms with E-state index in [2.05, 4.69) is 10.3 Å². The third kappa shape index (κ3) is 3.53. The first-order valence-electron chi connectivity index (χ1n) is 8.55. The molecule has 0 unspecified atom stereocenters. The van der Waals surface area contributed by atoms with Crippen molar-refractivity contribution < 1.29 is 13.9 Å². The van der Waals surface area contributed by atoms with Crippen molar-refractivity contribution in [3.05, 3.63) is 77.9 Å². The van der Waals surface area contributed by atoms with E-state index in [0.717, 1.165) is 5.56 Å². The van der Waals surface area contributed by atoms with Crippen LogP contribution in [0.5, 0.6) is 5.75 Å². The number of aryl methyl sites for hydroxylation is 1. The number of aromatic nitrogens is 1. The number of hydrogen-bond acceptors (Lipinski definition) is 4. The van der Waals surface area contributed by atoms with Crippen LogP contribution in [0.1, 0.15) is 15.9 Å². The lowest BCUT2D eigenvalue weighted by atomic mass is 10.1. The number of amides is 1. The van der Waals surface area contributed by atoms with E-state index < -0.39 is 0 Å². The fourth-order valence-corrected chi connectivity index (χ4v) is 2.79. The summed E-state index contributed by atoms with van der Waals surface area (Å²) >= 11 is 0. The van der Waals surface area contributed by atoms with Gasteiger partial charge < -0.3 is 14.5 Å². The van der Waals surface area contributed by atoms with Gasteiger partial charge in [0.25, 0.3) is 5.91 Å². The van der Waals surface area contributed by atoms with Gasteiger partial charge in [0.15, 0.2) is 5.58 Å². The number of rotatable bonds is 4. The molecule has 0 aliphatic heterocycles. The third-order valence-electron chi connectivity index (χ3n) is 4.28. The SMILES string of the molecule is COc1cccc(C(=O)Nc2ccc3oc(-c4ccc(C)cc4)nc3c2)c1. The van der Waals surface area contributed by atoms with Crippen molar-refractivity contribution in [2.45, 2.75) is 6.92 Å². The van der Waals surface area contributed by atoms with Crippen LogP contribution >= 0.6 is 0 Å². The molecule has 5 heteroatoms. The zero-order valence-electron chi connectivity index (χ0n) is 15.0. The monoisotopic (exact) mass is 358 g/mol. The number of fused-ring (bicyclic) bond motifs is 1. The summed E-state index contributed by atoms with van der Waals surface area (Å²) in [5.41, 5.74) is 4.63. The van der Waals surface area contributed by atoms with E-state index in [1.54, 1.807) is 49.6 Å². The average Bonchev–Trinajstić information content (AvgIpc) is 3.12. The molecule has 4 rings (SSSR count). The van der Waals surface area contributed by atoms with Crippen molar-refractivity contribution in [1.82, 2.24) is 4.98 Å². The Morgan fingerprint density at radius 1 is 1.04 bits per heavy atom. The van der Waals surface area contributed by atoms with Crippen LogP contribution in [0.2, 0.25) is 0 Å². The summed E-state index contributed by atoms with van der Waals surface area (Å²) in [6, 6.07) is 20.4. The zero-order valence-corrected chi connectivity index (χ0v) is 15.0. The van der Waals surface area contributed by atoms with Gasteiger partial charge in [0.2, 0.25) is 5.89 Å². The highest BCUT2D eigenvalue weighted by atomic mass is 16.5. The topological polar surface area (TPSA) is 64.4 Å². The Morgan fingerprint density at radius 3 is 2.63 bits per heavy atom. The van der Waals surface area contributed by atoms with Crippen molar-refractivity contribution in [2.75, 3.05) is 12.4 Å². The van der Waals surface area contributed by atoms with Crippen molar-refractivity contribution in [3.8, 4) is 17.2 Å². The second-order valence-corrected chi connectivity index (χ2v) is 6.25. The van der Waals surface area contributed by atoms with E-state index in [1.165, 1.54) is 5.56 Å². The van der Waals surface area contributed by atoms with E-state index in [9.17, 15) is 4.79 Å². The Bertz CT molecular complexity index is 1110. The first kappa shape index (κ1) is 16.8. The summed E-state index contributed by atoms with van der Waals surface area (Å²) in [4.78, 5) is 17.0. The maximum Gasteiger partial charge on any atom is 0.255 e. The highest BCUT2D eigenvalue weighted by Gasteiger charge is 2.11. The van der Waals surface area contributed by atoms with E-state index in [-0.39, 0.29) is 5.91 Å². The number of benzene rings is 3. The molecule has 27 heavy (non-hydrogen) atoms. The Labute approximate surface area is 156 Å². The second-order valence-electron chi connectivity index (χ2n) is 6.25. The predicted octanol–water partition coefficient (Wildman–Crippen LogP) is 5.06. The van der Waals surface area contributed by atoms with Gasteiger partial charge in [-0.05, 0) is 55.5 Å². The van der Waals surface area contributed by atoms with E-state index in [1.807, 2.05) is 31.2 Å². The van der Waals surface area contributed by atoms with Gasteiger partial charge in [-0.25, -0.2) is 4.98 Å². The summed E-state index contributed by atoms with van der Waals surface area (Å²) in [7, 11) is 1.57. The Kier molecular flexibility index (Phi) is 4.34. The number of methoxy groups -OCH3 is 1. The van der Waals surface area contributed by atoms with Gasteiger partial charge in [-0.3, -0.25) is 4.79 Å². The normalized spacial score (nSPS) is 10.7. The standard InChI is InChI=1S/C22H18N2O3/c1-14-6-8-15(9-7-14)22-24-19-13-17(10-11-20(19)27-22)23-21(25)16-4-3-5-18(12-16)26-2/h3-13H,1-2H3,(H,23,25). The Morgan fingerprint density at radius 2 is 1.85 bits per heavy atom. The summed E-state index contributed by atoms with van der Waals surface area (Å²) in [5, 5.41) is 2.88. The van der Waals surface area contributed by atoms with Crippen LogP contribution in [-0.4, -0.2) is 18.0 Å². The quantitative estimate of drug-likeness (QED) is 0.553. The maximum atomic E-state index is 12.5. The number of carbonyl (C=O) groups excluding carboxylic acids is 1. The molecule has 0 aliphatic carbocycles. The summed E-state index contributed by atoms with van der Waals surface area (Å²) in [6.45, 7) is 2.03. The van der Waals surface area contributed by atoms with Crippen LogP contribution < -0.4 is 10.1 Å². The van der Waals surface area contributed by atoms with Crippen molar-refractivity contribution in [2.24, 2.45) is 0 Å². The van der Waals surface area contributed by atoms with Crippen LogP contribution in [0, 0.1) is 6.92 Å². The minimum Gasteiger partial charge on any atom is -0.497 e. The Balaban J connectivity index is 1.59. The molecular weight excluding hydrogens is 340 g/mol. The number of nitrogens with one attached hydrogen (secondary N) is 1. The minimum atomic E-state index is -0.212. The molecule has 0 saturated heterocycles. The molecule has 1 N–H and O–H groups in total.